The van der Waals surface area contributed by atoms with E-state index in [-0.39, 0.29) is 30.7 Å². The molecule has 132 valence electrons. The Bertz CT molecular complexity index is 1000. The predicted molar refractivity (Wildman–Crippen MR) is 97.7 cm³/mol. The first-order valence-electron chi connectivity index (χ1n) is 8.07. The quantitative estimate of drug-likeness (QED) is 0.738. The standard InChI is InChI=1S/C18H15ClN4O3/c19-11-5-6-13-12(9-11)17(22-21-13)18(25)20-7-8-23-14-3-1-2-4-15(14)26-10-16(23)24/h1-6,9H,7-8,10H2,(H,20,25)(H,21,22). The van der Waals surface area contributed by atoms with Crippen molar-refractivity contribution in [2.45, 2.75) is 0 Å². The monoisotopic (exact) mass is 370 g/mol. The molecule has 0 spiro atoms. The smallest absolute Gasteiger partial charge is 0.272 e. The van der Waals surface area contributed by atoms with Gasteiger partial charge in [0, 0.05) is 23.5 Å². The molecule has 4 rings (SSSR count). The molecule has 2 aromatic carbocycles. The van der Waals surface area contributed by atoms with Gasteiger partial charge in [0.2, 0.25) is 0 Å². The number of hydrogen-bond acceptors (Lipinski definition) is 4. The highest BCUT2D eigenvalue weighted by molar-refractivity contribution is 6.31. The van der Waals surface area contributed by atoms with E-state index in [1.807, 2.05) is 24.3 Å². The number of nitrogens with one attached hydrogen (secondary N) is 2. The van der Waals surface area contributed by atoms with Crippen molar-refractivity contribution in [3.05, 3.63) is 53.2 Å². The molecule has 1 aliphatic heterocycles. The number of benzene rings is 2. The minimum absolute atomic E-state index is 0.00649. The van der Waals surface area contributed by atoms with Gasteiger partial charge in [0.05, 0.1) is 11.2 Å². The average Bonchev–Trinajstić information content (AvgIpc) is 3.06. The Labute approximate surface area is 153 Å². The Kier molecular flexibility index (Phi) is 4.22. The van der Waals surface area contributed by atoms with Crippen LogP contribution in [-0.4, -0.2) is 41.7 Å². The topological polar surface area (TPSA) is 87.3 Å². The number of ether oxygens (including phenoxy) is 1. The van der Waals surface area contributed by atoms with Crippen LogP contribution in [-0.2, 0) is 4.79 Å². The number of H-pyrrole nitrogens is 1. The summed E-state index contributed by atoms with van der Waals surface area (Å²) in [7, 11) is 0. The molecule has 1 aliphatic rings. The van der Waals surface area contributed by atoms with Crippen LogP contribution >= 0.6 is 11.6 Å². The lowest BCUT2D eigenvalue weighted by molar-refractivity contribution is -0.121. The number of carbonyl (C=O) groups is 2. The Morgan fingerprint density at radius 3 is 3.04 bits per heavy atom. The summed E-state index contributed by atoms with van der Waals surface area (Å²) >= 11 is 5.99. The largest absolute Gasteiger partial charge is 0.482 e. The highest BCUT2D eigenvalue weighted by Gasteiger charge is 2.25. The van der Waals surface area contributed by atoms with Gasteiger partial charge in [-0.3, -0.25) is 14.7 Å². The van der Waals surface area contributed by atoms with Crippen LogP contribution < -0.4 is 15.0 Å². The van der Waals surface area contributed by atoms with Crippen molar-refractivity contribution in [3.8, 4) is 5.75 Å². The Morgan fingerprint density at radius 1 is 1.31 bits per heavy atom. The van der Waals surface area contributed by atoms with E-state index in [0.29, 0.717) is 28.4 Å². The van der Waals surface area contributed by atoms with Crippen LogP contribution in [0.4, 0.5) is 5.69 Å². The third-order valence-electron chi connectivity index (χ3n) is 4.17. The molecule has 0 bridgehead atoms. The molecule has 8 heteroatoms. The second-order valence-corrected chi connectivity index (χ2v) is 6.26. The Hall–Kier alpha value is -3.06. The fourth-order valence-electron chi connectivity index (χ4n) is 2.92. The summed E-state index contributed by atoms with van der Waals surface area (Å²) in [5.74, 6) is 0.189. The summed E-state index contributed by atoms with van der Waals surface area (Å²) in [4.78, 5) is 26.2. The van der Waals surface area contributed by atoms with Crippen molar-refractivity contribution >= 4 is 40.0 Å². The molecule has 7 nitrogen and oxygen atoms in total. The third kappa shape index (κ3) is 2.97. The van der Waals surface area contributed by atoms with E-state index >= 15 is 0 Å². The zero-order valence-corrected chi connectivity index (χ0v) is 14.4. The minimum atomic E-state index is -0.326. The molecule has 0 saturated heterocycles. The van der Waals surface area contributed by atoms with Crippen LogP contribution in [0, 0.1) is 0 Å². The Morgan fingerprint density at radius 2 is 2.15 bits per heavy atom. The molecular weight excluding hydrogens is 356 g/mol. The molecule has 0 atom stereocenters. The van der Waals surface area contributed by atoms with Gasteiger partial charge in [-0.1, -0.05) is 23.7 Å². The highest BCUT2D eigenvalue weighted by Crippen LogP contribution is 2.31. The van der Waals surface area contributed by atoms with Crippen LogP contribution in [0.15, 0.2) is 42.5 Å². The zero-order chi connectivity index (χ0) is 18.1. The minimum Gasteiger partial charge on any atom is -0.482 e. The molecule has 0 unspecified atom stereocenters. The lowest BCUT2D eigenvalue weighted by atomic mass is 10.2. The molecular formula is C18H15ClN4O3. The first-order valence-corrected chi connectivity index (χ1v) is 8.45. The summed E-state index contributed by atoms with van der Waals surface area (Å²) in [6, 6.07) is 12.5. The number of carbonyl (C=O) groups excluding carboxylic acids is 2. The molecule has 1 aromatic heterocycles. The number of nitrogens with zero attached hydrogens (tertiary/aromatic N) is 2. The second kappa shape index (κ2) is 6.68. The maximum absolute atomic E-state index is 12.4. The van der Waals surface area contributed by atoms with Crippen molar-refractivity contribution < 1.29 is 14.3 Å². The fraction of sp³-hybridized carbons (Fsp3) is 0.167. The highest BCUT2D eigenvalue weighted by atomic mass is 35.5. The zero-order valence-electron chi connectivity index (χ0n) is 13.7. The van der Waals surface area contributed by atoms with E-state index in [1.165, 1.54) is 0 Å². The SMILES string of the molecule is O=C(NCCN1C(=O)COc2ccccc21)c1n[nH]c2ccc(Cl)cc12. The molecule has 26 heavy (non-hydrogen) atoms. The van der Waals surface area contributed by atoms with Gasteiger partial charge in [0.25, 0.3) is 11.8 Å². The number of hydrogen-bond donors (Lipinski definition) is 2. The van der Waals surface area contributed by atoms with Crippen LogP contribution in [0.3, 0.4) is 0 Å². The predicted octanol–water partition coefficient (Wildman–Crippen LogP) is 2.37. The van der Waals surface area contributed by atoms with Crippen LogP contribution in [0.5, 0.6) is 5.75 Å². The summed E-state index contributed by atoms with van der Waals surface area (Å²) in [5, 5.41) is 10.8. The number of para-hydroxylation sites is 2. The van der Waals surface area contributed by atoms with E-state index in [9.17, 15) is 9.59 Å². The van der Waals surface area contributed by atoms with Gasteiger partial charge in [0.1, 0.15) is 5.75 Å². The van der Waals surface area contributed by atoms with E-state index in [4.69, 9.17) is 16.3 Å². The van der Waals surface area contributed by atoms with Crippen molar-refractivity contribution in [1.29, 1.82) is 0 Å². The normalized spacial score (nSPS) is 13.4. The number of halogens is 1. The van der Waals surface area contributed by atoms with Gasteiger partial charge >= 0.3 is 0 Å². The van der Waals surface area contributed by atoms with Crippen molar-refractivity contribution in [1.82, 2.24) is 15.5 Å². The number of aromatic amines is 1. The van der Waals surface area contributed by atoms with E-state index in [0.717, 1.165) is 5.52 Å². The number of amides is 2. The average molecular weight is 371 g/mol. The third-order valence-corrected chi connectivity index (χ3v) is 4.40. The van der Waals surface area contributed by atoms with E-state index < -0.39 is 0 Å². The molecule has 2 amide bonds. The molecule has 0 saturated carbocycles. The summed E-state index contributed by atoms with van der Waals surface area (Å²) in [5.41, 5.74) is 1.71. The van der Waals surface area contributed by atoms with Gasteiger partial charge in [-0.25, -0.2) is 0 Å². The van der Waals surface area contributed by atoms with Gasteiger partial charge in [-0.15, -0.1) is 0 Å². The number of rotatable bonds is 4. The number of aromatic nitrogens is 2. The van der Waals surface area contributed by atoms with Crippen molar-refractivity contribution in [2.75, 3.05) is 24.6 Å². The fourth-order valence-corrected chi connectivity index (χ4v) is 3.10. The van der Waals surface area contributed by atoms with E-state index in [1.54, 1.807) is 23.1 Å². The number of anilines is 1. The second-order valence-electron chi connectivity index (χ2n) is 5.82. The molecule has 0 aliphatic carbocycles. The van der Waals surface area contributed by atoms with Crippen LogP contribution in [0.1, 0.15) is 10.5 Å². The maximum Gasteiger partial charge on any atom is 0.272 e. The van der Waals surface area contributed by atoms with Crippen LogP contribution in [0.25, 0.3) is 10.9 Å². The summed E-state index contributed by atoms with van der Waals surface area (Å²) < 4.78 is 5.41. The molecule has 0 radical (unpaired) electrons. The lowest BCUT2D eigenvalue weighted by Crippen LogP contribution is -2.43. The Balaban J connectivity index is 1.45. The van der Waals surface area contributed by atoms with Gasteiger partial charge in [-0.05, 0) is 30.3 Å². The first kappa shape index (κ1) is 16.4. The van der Waals surface area contributed by atoms with Crippen LogP contribution in [0.2, 0.25) is 5.02 Å². The molecule has 2 heterocycles. The molecule has 3 aromatic rings. The molecule has 0 fully saturated rings. The van der Waals surface area contributed by atoms with Crippen molar-refractivity contribution in [2.24, 2.45) is 0 Å². The first-order chi connectivity index (χ1) is 12.6. The van der Waals surface area contributed by atoms with Crippen molar-refractivity contribution in [3.63, 3.8) is 0 Å². The van der Waals surface area contributed by atoms with Gasteiger partial charge < -0.3 is 15.0 Å². The van der Waals surface area contributed by atoms with Gasteiger partial charge in [-0.2, -0.15) is 5.10 Å². The lowest BCUT2D eigenvalue weighted by Gasteiger charge is -2.29. The maximum atomic E-state index is 12.4. The van der Waals surface area contributed by atoms with Gasteiger partial charge in [0.15, 0.2) is 12.3 Å². The summed E-state index contributed by atoms with van der Waals surface area (Å²) in [6.45, 7) is 0.620. The summed E-state index contributed by atoms with van der Waals surface area (Å²) in [6.07, 6.45) is 0. The molecule has 2 N–H and O–H groups in total. The van der Waals surface area contributed by atoms with E-state index in [2.05, 4.69) is 15.5 Å². The number of fused-ring (bicyclic) bond motifs is 2.